The summed E-state index contributed by atoms with van der Waals surface area (Å²) in [5, 5.41) is 15.9. The summed E-state index contributed by atoms with van der Waals surface area (Å²) < 4.78 is 2.55. The lowest BCUT2D eigenvalue weighted by molar-refractivity contribution is 0.110. The molecule has 0 atom stereocenters. The van der Waals surface area contributed by atoms with Crippen LogP contribution in [0.25, 0.3) is 10.9 Å². The number of carbonyl (C=O) groups is 1. The molecule has 8 heteroatoms. The Kier molecular flexibility index (Phi) is 5.34. The van der Waals surface area contributed by atoms with Crippen molar-refractivity contribution in [1.29, 1.82) is 0 Å². The number of aromatic hydroxyl groups is 1. The van der Waals surface area contributed by atoms with Crippen LogP contribution in [0.5, 0.6) is 5.88 Å². The summed E-state index contributed by atoms with van der Waals surface area (Å²) in [6.45, 7) is 4.80. The zero-order valence-electron chi connectivity index (χ0n) is 16.9. The van der Waals surface area contributed by atoms with E-state index in [9.17, 15) is 9.90 Å². The van der Waals surface area contributed by atoms with Gasteiger partial charge in [0.25, 0.3) is 0 Å². The van der Waals surface area contributed by atoms with Gasteiger partial charge in [0.1, 0.15) is 11.4 Å². The van der Waals surface area contributed by atoms with Crippen molar-refractivity contribution in [2.45, 2.75) is 13.8 Å². The molecular formula is C22H21BrN4O3. The summed E-state index contributed by atoms with van der Waals surface area (Å²) in [5.41, 5.74) is 3.70. The Labute approximate surface area is 182 Å². The molecule has 0 radical (unpaired) electrons. The number of rotatable bonds is 4. The molecule has 30 heavy (non-hydrogen) atoms. The zero-order chi connectivity index (χ0) is 21.4. The SMILES string of the molecule is CCN(CC)C(=O)O/N=C1/C(c2c(O)n(C)c3c(Br)cccc23)=Nc2ccccc21. The van der Waals surface area contributed by atoms with Crippen molar-refractivity contribution in [1.82, 2.24) is 9.47 Å². The van der Waals surface area contributed by atoms with Gasteiger partial charge < -0.3 is 14.6 Å². The quantitative estimate of drug-likeness (QED) is 0.433. The number of fused-ring (bicyclic) bond motifs is 2. The third kappa shape index (κ3) is 3.17. The van der Waals surface area contributed by atoms with Gasteiger partial charge in [-0.15, -0.1) is 0 Å². The number of para-hydroxylation sites is 2. The van der Waals surface area contributed by atoms with Gasteiger partial charge >= 0.3 is 6.09 Å². The molecule has 0 saturated heterocycles. The van der Waals surface area contributed by atoms with Crippen molar-refractivity contribution >= 4 is 50.0 Å². The van der Waals surface area contributed by atoms with Gasteiger partial charge in [-0.05, 0) is 41.9 Å². The fraction of sp³-hybridized carbons (Fsp3) is 0.227. The monoisotopic (exact) mass is 468 g/mol. The van der Waals surface area contributed by atoms with E-state index in [1.165, 1.54) is 4.90 Å². The second-order valence-corrected chi connectivity index (χ2v) is 7.69. The van der Waals surface area contributed by atoms with Crippen LogP contribution in [0.4, 0.5) is 10.5 Å². The van der Waals surface area contributed by atoms with Crippen molar-refractivity contribution < 1.29 is 14.7 Å². The number of aliphatic imine (C=N–C) groups is 1. The Morgan fingerprint density at radius 1 is 1.20 bits per heavy atom. The maximum Gasteiger partial charge on any atom is 0.435 e. The second kappa shape index (κ2) is 7.95. The molecule has 4 rings (SSSR count). The maximum atomic E-state index is 12.3. The molecule has 2 aromatic carbocycles. The molecule has 154 valence electrons. The Bertz CT molecular complexity index is 1210. The third-order valence-corrected chi connectivity index (χ3v) is 5.86. The molecule has 0 bridgehead atoms. The average molecular weight is 469 g/mol. The number of benzene rings is 2. The molecule has 3 aromatic rings. The van der Waals surface area contributed by atoms with Gasteiger partial charge in [0.05, 0.1) is 16.8 Å². The van der Waals surface area contributed by atoms with Gasteiger partial charge in [-0.1, -0.05) is 35.5 Å². The molecule has 1 aromatic heterocycles. The van der Waals surface area contributed by atoms with Crippen molar-refractivity contribution in [3.63, 3.8) is 0 Å². The minimum atomic E-state index is -0.527. The Balaban J connectivity index is 1.87. The number of halogens is 1. The highest BCUT2D eigenvalue weighted by Crippen LogP contribution is 2.39. The van der Waals surface area contributed by atoms with Crippen LogP contribution in [-0.4, -0.2) is 45.2 Å². The van der Waals surface area contributed by atoms with E-state index in [1.807, 2.05) is 56.3 Å². The normalized spacial score (nSPS) is 14.1. The molecule has 1 amide bonds. The minimum Gasteiger partial charge on any atom is -0.494 e. The summed E-state index contributed by atoms with van der Waals surface area (Å²) in [5.74, 6) is 0.0613. The Hall–Kier alpha value is -3.13. The molecule has 1 aliphatic heterocycles. The number of nitrogens with zero attached hydrogens (tertiary/aromatic N) is 4. The van der Waals surface area contributed by atoms with Crippen molar-refractivity contribution in [3.8, 4) is 5.88 Å². The zero-order valence-corrected chi connectivity index (χ0v) is 18.5. The van der Waals surface area contributed by atoms with Gasteiger partial charge in [-0.2, -0.15) is 0 Å². The van der Waals surface area contributed by atoms with Crippen LogP contribution in [0, 0.1) is 0 Å². The van der Waals surface area contributed by atoms with E-state index in [0.717, 1.165) is 20.9 Å². The van der Waals surface area contributed by atoms with E-state index in [4.69, 9.17) is 9.83 Å². The first-order valence-corrected chi connectivity index (χ1v) is 10.5. The average Bonchev–Trinajstić information content (AvgIpc) is 3.22. The van der Waals surface area contributed by atoms with Crippen molar-refractivity contribution in [2.75, 3.05) is 13.1 Å². The minimum absolute atomic E-state index is 0.0613. The summed E-state index contributed by atoms with van der Waals surface area (Å²) >= 11 is 3.55. The fourth-order valence-electron chi connectivity index (χ4n) is 3.65. The van der Waals surface area contributed by atoms with E-state index in [0.29, 0.717) is 35.8 Å². The van der Waals surface area contributed by atoms with E-state index >= 15 is 0 Å². The van der Waals surface area contributed by atoms with Crippen LogP contribution in [0.3, 0.4) is 0 Å². The number of hydrogen-bond acceptors (Lipinski definition) is 5. The molecular weight excluding hydrogens is 448 g/mol. The third-order valence-electron chi connectivity index (χ3n) is 5.22. The Morgan fingerprint density at radius 2 is 1.93 bits per heavy atom. The van der Waals surface area contributed by atoms with E-state index < -0.39 is 6.09 Å². The van der Waals surface area contributed by atoms with Crippen LogP contribution < -0.4 is 0 Å². The first kappa shape index (κ1) is 20.2. The smallest absolute Gasteiger partial charge is 0.435 e. The standard InChI is InChI=1S/C22H21BrN4O3/c1-4-27(5-2)22(29)30-25-18-13-9-6-7-12-16(13)24-19(18)17-14-10-8-11-15(23)20(14)26(3)21(17)28/h6-12,28H,4-5H2,1-3H3/b25-18+. The molecule has 0 spiro atoms. The molecule has 7 nitrogen and oxygen atoms in total. The van der Waals surface area contributed by atoms with Crippen molar-refractivity contribution in [2.24, 2.45) is 17.2 Å². The summed E-state index contributed by atoms with van der Waals surface area (Å²) in [6, 6.07) is 13.2. The highest BCUT2D eigenvalue weighted by Gasteiger charge is 2.31. The lowest BCUT2D eigenvalue weighted by atomic mass is 10.0. The van der Waals surface area contributed by atoms with Gasteiger partial charge in [-0.3, -0.25) is 4.84 Å². The lowest BCUT2D eigenvalue weighted by Gasteiger charge is -2.15. The van der Waals surface area contributed by atoms with Crippen LogP contribution in [-0.2, 0) is 11.9 Å². The number of amides is 1. The Morgan fingerprint density at radius 3 is 2.67 bits per heavy atom. The molecule has 0 unspecified atom stereocenters. The van der Waals surface area contributed by atoms with E-state index in [1.54, 1.807) is 11.6 Å². The predicted octanol–water partition coefficient (Wildman–Crippen LogP) is 4.96. The van der Waals surface area contributed by atoms with Crippen LogP contribution in [0.2, 0.25) is 0 Å². The number of aromatic nitrogens is 1. The van der Waals surface area contributed by atoms with E-state index in [-0.39, 0.29) is 5.88 Å². The molecule has 2 heterocycles. The summed E-state index contributed by atoms with van der Waals surface area (Å²) in [7, 11) is 1.78. The fourth-order valence-corrected chi connectivity index (χ4v) is 4.28. The van der Waals surface area contributed by atoms with Gasteiger partial charge in [0.2, 0.25) is 5.88 Å². The number of aryl methyl sites for hydroxylation is 1. The first-order chi connectivity index (χ1) is 14.5. The van der Waals surface area contributed by atoms with Gasteiger partial charge in [0, 0.05) is 35.6 Å². The first-order valence-electron chi connectivity index (χ1n) is 9.66. The predicted molar refractivity (Wildman–Crippen MR) is 121 cm³/mol. The molecule has 1 aliphatic rings. The molecule has 0 fully saturated rings. The van der Waals surface area contributed by atoms with Crippen LogP contribution in [0.15, 0.2) is 57.1 Å². The van der Waals surface area contributed by atoms with E-state index in [2.05, 4.69) is 21.1 Å². The topological polar surface area (TPSA) is 79.4 Å². The molecule has 1 N–H and O–H groups in total. The lowest BCUT2D eigenvalue weighted by Crippen LogP contribution is -2.30. The largest absolute Gasteiger partial charge is 0.494 e. The summed E-state index contributed by atoms with van der Waals surface area (Å²) in [4.78, 5) is 23.8. The molecule has 0 aliphatic carbocycles. The second-order valence-electron chi connectivity index (χ2n) is 6.84. The molecule has 0 saturated carbocycles. The van der Waals surface area contributed by atoms with Gasteiger partial charge in [-0.25, -0.2) is 9.79 Å². The highest BCUT2D eigenvalue weighted by molar-refractivity contribution is 9.10. The number of oxime groups is 1. The van der Waals surface area contributed by atoms with Gasteiger partial charge in [0.15, 0.2) is 0 Å². The summed E-state index contributed by atoms with van der Waals surface area (Å²) in [6.07, 6.45) is -0.527. The highest BCUT2D eigenvalue weighted by atomic mass is 79.9. The maximum absolute atomic E-state index is 12.3. The van der Waals surface area contributed by atoms with Crippen molar-refractivity contribution in [3.05, 3.63) is 58.1 Å². The number of hydrogen-bond donors (Lipinski definition) is 1. The number of carbonyl (C=O) groups excluding carboxylic acids is 1. The van der Waals surface area contributed by atoms with Crippen LogP contribution >= 0.6 is 15.9 Å². The van der Waals surface area contributed by atoms with Crippen LogP contribution in [0.1, 0.15) is 25.0 Å².